The van der Waals surface area contributed by atoms with Crippen molar-refractivity contribution in [2.24, 2.45) is 0 Å². The third-order valence-electron chi connectivity index (χ3n) is 4.74. The zero-order valence-electron chi connectivity index (χ0n) is 16.2. The van der Waals surface area contributed by atoms with Gasteiger partial charge in [0.2, 0.25) is 6.79 Å². The van der Waals surface area contributed by atoms with E-state index in [9.17, 15) is 18.0 Å². The predicted molar refractivity (Wildman–Crippen MR) is 115 cm³/mol. The molecular formula is C22H14F3N3O3S. The van der Waals surface area contributed by atoms with Crippen LogP contribution in [-0.2, 0) is 6.18 Å². The van der Waals surface area contributed by atoms with Crippen molar-refractivity contribution in [1.82, 2.24) is 4.98 Å². The number of alkyl halides is 3. The molecule has 0 atom stereocenters. The standard InChI is InChI=1S/C22H14F3N3O3S/c23-22(24,25)13-2-4-14(5-3-13)27-21-28-16-7-1-12(9-19(16)32-21)20(29)26-15-6-8-17-18(10-15)31-11-30-17/h1-10H,11H2,(H,26,29)(H,27,28). The lowest BCUT2D eigenvalue weighted by molar-refractivity contribution is -0.137. The van der Waals surface area contributed by atoms with Crippen LogP contribution in [0.5, 0.6) is 11.5 Å². The molecule has 5 rings (SSSR count). The van der Waals surface area contributed by atoms with E-state index in [0.717, 1.165) is 16.8 Å². The number of amides is 1. The van der Waals surface area contributed by atoms with Crippen molar-refractivity contribution < 1.29 is 27.4 Å². The first-order valence-corrected chi connectivity index (χ1v) is 10.2. The molecule has 0 fully saturated rings. The van der Waals surface area contributed by atoms with Crippen LogP contribution in [-0.4, -0.2) is 17.7 Å². The topological polar surface area (TPSA) is 72.5 Å². The average molecular weight is 457 g/mol. The lowest BCUT2D eigenvalue weighted by atomic mass is 10.2. The number of halogens is 3. The van der Waals surface area contributed by atoms with Crippen molar-refractivity contribution in [3.05, 3.63) is 71.8 Å². The molecule has 1 amide bonds. The fourth-order valence-electron chi connectivity index (χ4n) is 3.16. The van der Waals surface area contributed by atoms with E-state index in [-0.39, 0.29) is 12.7 Å². The number of thiazole rings is 1. The summed E-state index contributed by atoms with van der Waals surface area (Å²) in [5.74, 6) is 0.901. The predicted octanol–water partition coefficient (Wildman–Crippen LogP) is 6.04. The number of fused-ring (bicyclic) bond motifs is 2. The Kier molecular flexibility index (Phi) is 4.86. The lowest BCUT2D eigenvalue weighted by Crippen LogP contribution is -2.11. The normalized spacial score (nSPS) is 12.7. The highest BCUT2D eigenvalue weighted by Gasteiger charge is 2.30. The molecule has 0 radical (unpaired) electrons. The molecular weight excluding hydrogens is 443 g/mol. The Labute approximate surface area is 183 Å². The molecule has 0 bridgehead atoms. The maximum atomic E-state index is 12.7. The second-order valence-corrected chi connectivity index (χ2v) is 7.95. The molecule has 2 N–H and O–H groups in total. The maximum absolute atomic E-state index is 12.7. The highest BCUT2D eigenvalue weighted by molar-refractivity contribution is 7.22. The van der Waals surface area contributed by atoms with Crippen molar-refractivity contribution in [3.63, 3.8) is 0 Å². The lowest BCUT2D eigenvalue weighted by Gasteiger charge is -2.07. The van der Waals surface area contributed by atoms with Crippen LogP contribution in [0.3, 0.4) is 0 Å². The van der Waals surface area contributed by atoms with E-state index >= 15 is 0 Å². The van der Waals surface area contributed by atoms with Gasteiger partial charge in [0, 0.05) is 23.0 Å². The molecule has 0 saturated heterocycles. The van der Waals surface area contributed by atoms with Crippen LogP contribution in [0.25, 0.3) is 10.2 Å². The molecule has 0 unspecified atom stereocenters. The Bertz CT molecular complexity index is 1320. The van der Waals surface area contributed by atoms with E-state index in [0.29, 0.717) is 39.1 Å². The first-order chi connectivity index (χ1) is 15.3. The van der Waals surface area contributed by atoms with Crippen LogP contribution in [0.15, 0.2) is 60.7 Å². The molecule has 1 aliphatic heterocycles. The van der Waals surface area contributed by atoms with Crippen LogP contribution < -0.4 is 20.1 Å². The van der Waals surface area contributed by atoms with Gasteiger partial charge in [-0.1, -0.05) is 11.3 Å². The van der Waals surface area contributed by atoms with Gasteiger partial charge in [-0.3, -0.25) is 4.79 Å². The second-order valence-electron chi connectivity index (χ2n) is 6.92. The summed E-state index contributed by atoms with van der Waals surface area (Å²) < 4.78 is 49.5. The summed E-state index contributed by atoms with van der Waals surface area (Å²) in [5.41, 5.74) is 1.46. The zero-order chi connectivity index (χ0) is 22.3. The van der Waals surface area contributed by atoms with Gasteiger partial charge < -0.3 is 20.1 Å². The molecule has 6 nitrogen and oxygen atoms in total. The van der Waals surface area contributed by atoms with Crippen LogP contribution in [0, 0.1) is 0 Å². The fourth-order valence-corrected chi connectivity index (χ4v) is 4.09. The van der Waals surface area contributed by atoms with E-state index in [1.165, 1.54) is 23.5 Å². The number of carbonyl (C=O) groups is 1. The Morgan fingerprint density at radius 1 is 0.938 bits per heavy atom. The third-order valence-corrected chi connectivity index (χ3v) is 5.68. The van der Waals surface area contributed by atoms with E-state index in [4.69, 9.17) is 9.47 Å². The van der Waals surface area contributed by atoms with E-state index in [1.807, 2.05) is 0 Å². The van der Waals surface area contributed by atoms with Gasteiger partial charge in [0.1, 0.15) is 0 Å². The highest BCUT2D eigenvalue weighted by Crippen LogP contribution is 2.35. The summed E-state index contributed by atoms with van der Waals surface area (Å²) in [5, 5.41) is 6.32. The minimum Gasteiger partial charge on any atom is -0.454 e. The van der Waals surface area contributed by atoms with Gasteiger partial charge in [-0.2, -0.15) is 13.2 Å². The Balaban J connectivity index is 1.32. The van der Waals surface area contributed by atoms with E-state index in [2.05, 4.69) is 15.6 Å². The van der Waals surface area contributed by atoms with Gasteiger partial charge in [0.15, 0.2) is 16.6 Å². The maximum Gasteiger partial charge on any atom is 0.416 e. The number of anilines is 3. The number of carbonyl (C=O) groups excluding carboxylic acids is 1. The summed E-state index contributed by atoms with van der Waals surface area (Å²) in [6.07, 6.45) is -4.38. The molecule has 0 saturated carbocycles. The number of benzene rings is 3. The molecule has 2 heterocycles. The van der Waals surface area contributed by atoms with Crippen LogP contribution in [0.4, 0.5) is 29.7 Å². The number of nitrogens with zero attached hydrogens (tertiary/aromatic N) is 1. The van der Waals surface area contributed by atoms with Gasteiger partial charge in [-0.05, 0) is 54.6 Å². The minimum atomic E-state index is -4.38. The Morgan fingerprint density at radius 3 is 2.47 bits per heavy atom. The molecule has 0 spiro atoms. The molecule has 3 aromatic carbocycles. The quantitative estimate of drug-likeness (QED) is 0.391. The Hall–Kier alpha value is -3.79. The molecule has 10 heteroatoms. The summed E-state index contributed by atoms with van der Waals surface area (Å²) in [6, 6.07) is 14.9. The monoisotopic (exact) mass is 457 g/mol. The van der Waals surface area contributed by atoms with Crippen LogP contribution in [0.1, 0.15) is 15.9 Å². The summed E-state index contributed by atoms with van der Waals surface area (Å²) in [7, 11) is 0. The molecule has 32 heavy (non-hydrogen) atoms. The summed E-state index contributed by atoms with van der Waals surface area (Å²) >= 11 is 1.30. The van der Waals surface area contributed by atoms with E-state index in [1.54, 1.807) is 36.4 Å². The van der Waals surface area contributed by atoms with Crippen LogP contribution >= 0.6 is 11.3 Å². The van der Waals surface area contributed by atoms with Gasteiger partial charge >= 0.3 is 6.18 Å². The number of aromatic nitrogens is 1. The van der Waals surface area contributed by atoms with Crippen LogP contribution in [0.2, 0.25) is 0 Å². The molecule has 162 valence electrons. The van der Waals surface area contributed by atoms with Gasteiger partial charge in [-0.15, -0.1) is 0 Å². The number of ether oxygens (including phenoxy) is 2. The third kappa shape index (κ3) is 4.04. The highest BCUT2D eigenvalue weighted by atomic mass is 32.1. The molecule has 0 aliphatic carbocycles. The van der Waals surface area contributed by atoms with Gasteiger partial charge in [0.05, 0.1) is 15.8 Å². The van der Waals surface area contributed by atoms with Gasteiger partial charge in [0.25, 0.3) is 5.91 Å². The van der Waals surface area contributed by atoms with Crippen molar-refractivity contribution in [2.75, 3.05) is 17.4 Å². The Morgan fingerprint density at radius 2 is 1.69 bits per heavy atom. The average Bonchev–Trinajstić information content (AvgIpc) is 3.38. The number of hydrogen-bond acceptors (Lipinski definition) is 6. The fraction of sp³-hybridized carbons (Fsp3) is 0.0909. The molecule has 1 aliphatic rings. The molecule has 1 aromatic heterocycles. The van der Waals surface area contributed by atoms with Crippen molar-refractivity contribution in [3.8, 4) is 11.5 Å². The smallest absolute Gasteiger partial charge is 0.416 e. The zero-order valence-corrected chi connectivity index (χ0v) is 17.0. The van der Waals surface area contributed by atoms with Crippen molar-refractivity contribution in [2.45, 2.75) is 6.18 Å². The first kappa shape index (κ1) is 20.1. The summed E-state index contributed by atoms with van der Waals surface area (Å²) in [6.45, 7) is 0.150. The number of hydrogen-bond donors (Lipinski definition) is 2. The van der Waals surface area contributed by atoms with Crippen molar-refractivity contribution >= 4 is 44.0 Å². The van der Waals surface area contributed by atoms with Gasteiger partial charge in [-0.25, -0.2) is 4.98 Å². The first-order valence-electron chi connectivity index (χ1n) is 9.41. The van der Waals surface area contributed by atoms with E-state index < -0.39 is 11.7 Å². The SMILES string of the molecule is O=C(Nc1ccc2c(c1)OCO2)c1ccc2nc(Nc3ccc(C(F)(F)F)cc3)sc2c1. The van der Waals surface area contributed by atoms with Crippen molar-refractivity contribution in [1.29, 1.82) is 0 Å². The number of nitrogens with one attached hydrogen (secondary N) is 2. The minimum absolute atomic E-state index is 0.150. The second kappa shape index (κ2) is 7.72. The number of rotatable bonds is 4. The molecule has 4 aromatic rings. The summed E-state index contributed by atoms with van der Waals surface area (Å²) in [4.78, 5) is 17.1. The largest absolute Gasteiger partial charge is 0.454 e.